The Labute approximate surface area is 106 Å². The number of hydrogen-bond donors (Lipinski definition) is 1. The molecule has 0 bridgehead atoms. The molecule has 2 fully saturated rings. The van der Waals surface area contributed by atoms with E-state index in [-0.39, 0.29) is 22.9 Å². The quantitative estimate of drug-likeness (QED) is 0.879. The zero-order valence-electron chi connectivity index (χ0n) is 9.57. The largest absolute Gasteiger partial charge is 0.326 e. The standard InChI is InChI=1S/C13H16ClFN2/c14-10-4-1-8(7-11(10)15)13-12(16)5-6-17(13)9-2-3-9/h1,4,7,9,12-13H,2-3,5-6,16H2. The van der Waals surface area contributed by atoms with Crippen molar-refractivity contribution in [2.45, 2.75) is 37.4 Å². The van der Waals surface area contributed by atoms with E-state index in [1.807, 2.05) is 6.07 Å². The summed E-state index contributed by atoms with van der Waals surface area (Å²) in [6.45, 7) is 1.03. The predicted octanol–water partition coefficient (Wildman–Crippen LogP) is 2.72. The first-order valence-corrected chi connectivity index (χ1v) is 6.51. The SMILES string of the molecule is NC1CCN(C2CC2)C1c1ccc(Cl)c(F)c1. The molecule has 2 nitrogen and oxygen atoms in total. The van der Waals surface area contributed by atoms with Crippen molar-refractivity contribution in [3.63, 3.8) is 0 Å². The van der Waals surface area contributed by atoms with Crippen LogP contribution >= 0.6 is 11.6 Å². The van der Waals surface area contributed by atoms with Crippen molar-refractivity contribution in [2.75, 3.05) is 6.54 Å². The van der Waals surface area contributed by atoms with Crippen molar-refractivity contribution in [3.05, 3.63) is 34.6 Å². The molecule has 0 aromatic heterocycles. The minimum absolute atomic E-state index is 0.108. The first-order valence-electron chi connectivity index (χ1n) is 6.13. The Kier molecular flexibility index (Phi) is 2.85. The summed E-state index contributed by atoms with van der Waals surface area (Å²) >= 11 is 5.72. The zero-order chi connectivity index (χ0) is 12.0. The molecular weight excluding hydrogens is 239 g/mol. The minimum Gasteiger partial charge on any atom is -0.326 e. The number of nitrogens with zero attached hydrogens (tertiary/aromatic N) is 1. The maximum Gasteiger partial charge on any atom is 0.142 e. The predicted molar refractivity (Wildman–Crippen MR) is 66.5 cm³/mol. The van der Waals surface area contributed by atoms with Gasteiger partial charge in [0, 0.05) is 18.6 Å². The maximum atomic E-state index is 13.5. The summed E-state index contributed by atoms with van der Waals surface area (Å²) in [5.74, 6) is -0.348. The van der Waals surface area contributed by atoms with Gasteiger partial charge >= 0.3 is 0 Å². The lowest BCUT2D eigenvalue weighted by Gasteiger charge is -2.27. The Balaban J connectivity index is 1.91. The van der Waals surface area contributed by atoms with Gasteiger partial charge in [-0.15, -0.1) is 0 Å². The molecule has 2 aliphatic rings. The highest BCUT2D eigenvalue weighted by atomic mass is 35.5. The molecule has 17 heavy (non-hydrogen) atoms. The van der Waals surface area contributed by atoms with Crippen LogP contribution in [0.25, 0.3) is 0 Å². The fourth-order valence-corrected chi connectivity index (χ4v) is 2.91. The Bertz CT molecular complexity index is 433. The number of rotatable bonds is 2. The first-order chi connectivity index (χ1) is 8.16. The van der Waals surface area contributed by atoms with E-state index in [4.69, 9.17) is 17.3 Å². The molecule has 1 aliphatic heterocycles. The summed E-state index contributed by atoms with van der Waals surface area (Å²) in [4.78, 5) is 2.42. The van der Waals surface area contributed by atoms with Crippen molar-refractivity contribution < 1.29 is 4.39 Å². The molecule has 1 saturated carbocycles. The van der Waals surface area contributed by atoms with Gasteiger partial charge in [0.25, 0.3) is 0 Å². The van der Waals surface area contributed by atoms with Crippen LogP contribution < -0.4 is 5.73 Å². The second-order valence-corrected chi connectivity index (χ2v) is 5.45. The van der Waals surface area contributed by atoms with Crippen LogP contribution in [-0.4, -0.2) is 23.5 Å². The highest BCUT2D eigenvalue weighted by molar-refractivity contribution is 6.30. The molecule has 4 heteroatoms. The number of likely N-dealkylation sites (tertiary alicyclic amines) is 1. The fraction of sp³-hybridized carbons (Fsp3) is 0.538. The van der Waals surface area contributed by atoms with Gasteiger partial charge in [-0.05, 0) is 37.0 Å². The third-order valence-corrected chi connectivity index (χ3v) is 4.09. The van der Waals surface area contributed by atoms with Gasteiger partial charge in [0.15, 0.2) is 0 Å². The van der Waals surface area contributed by atoms with Crippen molar-refractivity contribution in [1.82, 2.24) is 4.90 Å². The van der Waals surface area contributed by atoms with Gasteiger partial charge in [-0.2, -0.15) is 0 Å². The Morgan fingerprint density at radius 1 is 1.29 bits per heavy atom. The third-order valence-electron chi connectivity index (χ3n) is 3.78. The molecule has 0 amide bonds. The van der Waals surface area contributed by atoms with E-state index in [2.05, 4.69) is 4.90 Å². The van der Waals surface area contributed by atoms with Crippen molar-refractivity contribution >= 4 is 11.6 Å². The van der Waals surface area contributed by atoms with Gasteiger partial charge in [0.05, 0.1) is 11.1 Å². The monoisotopic (exact) mass is 254 g/mol. The van der Waals surface area contributed by atoms with E-state index in [1.54, 1.807) is 6.07 Å². The van der Waals surface area contributed by atoms with Gasteiger partial charge in [-0.1, -0.05) is 17.7 Å². The summed E-state index contributed by atoms with van der Waals surface area (Å²) in [5, 5.41) is 0.179. The van der Waals surface area contributed by atoms with E-state index >= 15 is 0 Å². The maximum absolute atomic E-state index is 13.5. The average Bonchev–Trinajstić information content (AvgIpc) is 3.07. The highest BCUT2D eigenvalue weighted by Crippen LogP contribution is 2.40. The topological polar surface area (TPSA) is 29.3 Å². The lowest BCUT2D eigenvalue weighted by molar-refractivity contribution is 0.237. The van der Waals surface area contributed by atoms with Crippen LogP contribution in [0.2, 0.25) is 5.02 Å². The normalized spacial score (nSPS) is 29.8. The summed E-state index contributed by atoms with van der Waals surface area (Å²) in [6, 6.07) is 5.99. The van der Waals surface area contributed by atoms with Crippen molar-refractivity contribution in [1.29, 1.82) is 0 Å². The molecule has 0 radical (unpaired) electrons. The molecule has 1 aromatic carbocycles. The smallest absolute Gasteiger partial charge is 0.142 e. The Morgan fingerprint density at radius 3 is 2.71 bits per heavy atom. The van der Waals surface area contributed by atoms with E-state index in [1.165, 1.54) is 18.9 Å². The van der Waals surface area contributed by atoms with Gasteiger partial charge in [-0.3, -0.25) is 4.90 Å². The highest BCUT2D eigenvalue weighted by Gasteiger charge is 2.41. The second kappa shape index (κ2) is 4.23. The minimum atomic E-state index is -0.348. The number of nitrogens with two attached hydrogens (primary N) is 1. The van der Waals surface area contributed by atoms with E-state index in [0.29, 0.717) is 6.04 Å². The lowest BCUT2D eigenvalue weighted by atomic mass is 10.0. The van der Waals surface area contributed by atoms with E-state index in [9.17, 15) is 4.39 Å². The van der Waals surface area contributed by atoms with Crippen molar-refractivity contribution in [2.24, 2.45) is 5.73 Å². The average molecular weight is 255 g/mol. The summed E-state index contributed by atoms with van der Waals surface area (Å²) in [7, 11) is 0. The van der Waals surface area contributed by atoms with Crippen LogP contribution in [-0.2, 0) is 0 Å². The third kappa shape index (κ3) is 2.07. The lowest BCUT2D eigenvalue weighted by Crippen LogP contribution is -2.33. The fourth-order valence-electron chi connectivity index (χ4n) is 2.79. The van der Waals surface area contributed by atoms with Crippen LogP contribution in [0.5, 0.6) is 0 Å². The molecule has 2 unspecified atom stereocenters. The molecular formula is C13H16ClFN2. The summed E-state index contributed by atoms with van der Waals surface area (Å²) in [6.07, 6.45) is 3.49. The molecule has 1 saturated heterocycles. The van der Waals surface area contributed by atoms with Crippen LogP contribution in [0.1, 0.15) is 30.9 Å². The molecule has 92 valence electrons. The van der Waals surface area contributed by atoms with Crippen LogP contribution in [0.4, 0.5) is 4.39 Å². The van der Waals surface area contributed by atoms with Gasteiger partial charge in [-0.25, -0.2) is 4.39 Å². The van der Waals surface area contributed by atoms with E-state index < -0.39 is 0 Å². The first kappa shape index (κ1) is 11.5. The molecule has 1 heterocycles. The van der Waals surface area contributed by atoms with Gasteiger partial charge < -0.3 is 5.73 Å². The van der Waals surface area contributed by atoms with Crippen LogP contribution in [0.15, 0.2) is 18.2 Å². The Hall–Kier alpha value is -0.640. The molecule has 2 atom stereocenters. The Morgan fingerprint density at radius 2 is 2.06 bits per heavy atom. The summed E-state index contributed by atoms with van der Waals surface area (Å²) < 4.78 is 13.5. The second-order valence-electron chi connectivity index (χ2n) is 5.04. The van der Waals surface area contributed by atoms with Crippen molar-refractivity contribution in [3.8, 4) is 0 Å². The molecule has 0 spiro atoms. The molecule has 2 N–H and O–H groups in total. The number of halogens is 2. The van der Waals surface area contributed by atoms with Crippen LogP contribution in [0, 0.1) is 5.82 Å². The molecule has 1 aliphatic carbocycles. The van der Waals surface area contributed by atoms with E-state index in [0.717, 1.165) is 18.5 Å². The van der Waals surface area contributed by atoms with Gasteiger partial charge in [0.1, 0.15) is 5.82 Å². The number of hydrogen-bond acceptors (Lipinski definition) is 2. The summed E-state index contributed by atoms with van der Waals surface area (Å²) in [5.41, 5.74) is 7.12. The zero-order valence-corrected chi connectivity index (χ0v) is 10.3. The molecule has 3 rings (SSSR count). The molecule has 1 aromatic rings. The van der Waals surface area contributed by atoms with Crippen LogP contribution in [0.3, 0.4) is 0 Å². The van der Waals surface area contributed by atoms with Gasteiger partial charge in [0.2, 0.25) is 0 Å². The number of benzene rings is 1.